The number of carbonyl (C=O) groups excluding carboxylic acids is 1. The molecule has 12 heavy (non-hydrogen) atoms. The quantitative estimate of drug-likeness (QED) is 0.618. The Morgan fingerprint density at radius 2 is 2.58 bits per heavy atom. The van der Waals surface area contributed by atoms with Gasteiger partial charge in [0.1, 0.15) is 0 Å². The summed E-state index contributed by atoms with van der Waals surface area (Å²) in [5.74, 6) is 1.18. The van der Waals surface area contributed by atoms with Gasteiger partial charge < -0.3 is 9.64 Å². The van der Waals surface area contributed by atoms with Crippen molar-refractivity contribution in [2.75, 3.05) is 25.7 Å². The van der Waals surface area contributed by atoms with Gasteiger partial charge in [0.15, 0.2) is 10.3 Å². The van der Waals surface area contributed by atoms with Crippen LogP contribution < -0.4 is 0 Å². The lowest BCUT2D eigenvalue weighted by Gasteiger charge is -2.50. The number of ether oxygens (including phenoxy) is 1. The van der Waals surface area contributed by atoms with Crippen molar-refractivity contribution >= 4 is 29.4 Å². The van der Waals surface area contributed by atoms with Gasteiger partial charge in [-0.1, -0.05) is 0 Å². The molecule has 0 spiro atoms. The highest BCUT2D eigenvalue weighted by molar-refractivity contribution is 8.18. The highest BCUT2D eigenvalue weighted by Crippen LogP contribution is 2.54. The van der Waals surface area contributed by atoms with Crippen LogP contribution in [0.3, 0.4) is 0 Å². The SMILES string of the molecule is CO[C@@H]1C(=O)N2CCS[C@]12SC. The highest BCUT2D eigenvalue weighted by atomic mass is 32.2. The summed E-state index contributed by atoms with van der Waals surface area (Å²) in [5.41, 5.74) is 0. The first kappa shape index (κ1) is 8.72. The number of β-lactam (4-membered cyclic amide) rings is 1. The topological polar surface area (TPSA) is 29.5 Å². The number of carbonyl (C=O) groups is 1. The number of amides is 1. The second-order valence-electron chi connectivity index (χ2n) is 2.79. The standard InChI is InChI=1S/C7H11NO2S2/c1-10-5-6(9)8-3-4-12-7(5,8)11-2/h5H,3-4H2,1-2H3/t5-,7-/m1/s1. The Hall–Kier alpha value is 0.130. The molecule has 3 nitrogen and oxygen atoms in total. The van der Waals surface area contributed by atoms with Gasteiger partial charge in [-0.25, -0.2) is 0 Å². The summed E-state index contributed by atoms with van der Waals surface area (Å²) >= 11 is 3.53. The molecule has 2 fully saturated rings. The molecular formula is C7H11NO2S2. The number of methoxy groups -OCH3 is 1. The van der Waals surface area contributed by atoms with Crippen molar-refractivity contribution in [1.29, 1.82) is 0 Å². The average molecular weight is 205 g/mol. The smallest absolute Gasteiger partial charge is 0.257 e. The summed E-state index contributed by atoms with van der Waals surface area (Å²) in [6.45, 7) is 0.879. The average Bonchev–Trinajstić information content (AvgIpc) is 2.45. The summed E-state index contributed by atoms with van der Waals surface area (Å²) < 4.78 is 5.08. The van der Waals surface area contributed by atoms with Gasteiger partial charge in [0.25, 0.3) is 5.91 Å². The Morgan fingerprint density at radius 1 is 1.83 bits per heavy atom. The molecule has 2 aliphatic rings. The number of thioether (sulfide) groups is 2. The van der Waals surface area contributed by atoms with E-state index in [0.29, 0.717) is 0 Å². The Labute approximate surface area is 80.2 Å². The van der Waals surface area contributed by atoms with Crippen molar-refractivity contribution in [2.45, 2.75) is 10.3 Å². The number of nitrogens with zero attached hydrogens (tertiary/aromatic N) is 1. The summed E-state index contributed by atoms with van der Waals surface area (Å²) in [4.78, 5) is 13.3. The van der Waals surface area contributed by atoms with E-state index in [0.717, 1.165) is 12.3 Å². The molecule has 0 N–H and O–H groups in total. The van der Waals surface area contributed by atoms with Gasteiger partial charge in [-0.2, -0.15) is 0 Å². The number of hydrogen-bond acceptors (Lipinski definition) is 4. The summed E-state index contributed by atoms with van der Waals surface area (Å²) in [6, 6.07) is 0. The minimum atomic E-state index is -0.222. The Kier molecular flexibility index (Phi) is 2.05. The summed E-state index contributed by atoms with van der Waals surface area (Å²) in [6.07, 6.45) is 1.81. The molecule has 0 aromatic carbocycles. The summed E-state index contributed by atoms with van der Waals surface area (Å²) in [5, 5.41) is 0. The normalized spacial score (nSPS) is 39.7. The van der Waals surface area contributed by atoms with Gasteiger partial charge in [0.2, 0.25) is 0 Å². The van der Waals surface area contributed by atoms with Crippen LogP contribution in [0.1, 0.15) is 0 Å². The molecule has 5 heteroatoms. The fourth-order valence-electron chi connectivity index (χ4n) is 1.76. The van der Waals surface area contributed by atoms with E-state index in [1.165, 1.54) is 0 Å². The zero-order valence-electron chi connectivity index (χ0n) is 7.07. The first-order chi connectivity index (χ1) is 5.76. The third-order valence-electron chi connectivity index (χ3n) is 2.35. The van der Waals surface area contributed by atoms with Crippen LogP contribution in [0.15, 0.2) is 0 Å². The highest BCUT2D eigenvalue weighted by Gasteiger charge is 2.63. The van der Waals surface area contributed by atoms with Crippen LogP contribution in [-0.2, 0) is 9.53 Å². The van der Waals surface area contributed by atoms with Crippen LogP contribution in [-0.4, -0.2) is 46.8 Å². The maximum Gasteiger partial charge on any atom is 0.257 e. The molecule has 0 aromatic rings. The maximum absolute atomic E-state index is 11.4. The van der Waals surface area contributed by atoms with Crippen molar-refractivity contribution in [2.24, 2.45) is 0 Å². The molecule has 0 aliphatic carbocycles. The number of fused-ring (bicyclic) bond motifs is 1. The Morgan fingerprint density at radius 3 is 3.17 bits per heavy atom. The van der Waals surface area contributed by atoms with Crippen LogP contribution >= 0.6 is 23.5 Å². The number of rotatable bonds is 2. The van der Waals surface area contributed by atoms with E-state index in [-0.39, 0.29) is 16.2 Å². The Balaban J connectivity index is 2.23. The molecule has 2 saturated heterocycles. The molecule has 2 rings (SSSR count). The molecule has 1 amide bonds. The molecule has 0 radical (unpaired) electrons. The van der Waals surface area contributed by atoms with Crippen molar-refractivity contribution in [3.8, 4) is 0 Å². The fourth-order valence-corrected chi connectivity index (χ4v) is 4.54. The van der Waals surface area contributed by atoms with Crippen LogP contribution in [0.4, 0.5) is 0 Å². The first-order valence-electron chi connectivity index (χ1n) is 3.79. The van der Waals surface area contributed by atoms with E-state index in [4.69, 9.17) is 4.74 Å². The first-order valence-corrected chi connectivity index (χ1v) is 6.00. The second-order valence-corrected chi connectivity index (χ2v) is 5.40. The lowest BCUT2D eigenvalue weighted by Crippen LogP contribution is -2.68. The van der Waals surface area contributed by atoms with Crippen LogP contribution in [0.5, 0.6) is 0 Å². The van der Waals surface area contributed by atoms with Gasteiger partial charge in [-0.05, 0) is 6.26 Å². The van der Waals surface area contributed by atoms with E-state index in [2.05, 4.69) is 0 Å². The van der Waals surface area contributed by atoms with E-state index in [9.17, 15) is 4.79 Å². The molecule has 0 bridgehead atoms. The third-order valence-corrected chi connectivity index (χ3v) is 5.46. The second kappa shape index (κ2) is 2.82. The molecule has 0 saturated carbocycles. The molecule has 2 aliphatic heterocycles. The predicted molar refractivity (Wildman–Crippen MR) is 51.2 cm³/mol. The van der Waals surface area contributed by atoms with Crippen molar-refractivity contribution < 1.29 is 9.53 Å². The maximum atomic E-state index is 11.4. The fraction of sp³-hybridized carbons (Fsp3) is 0.857. The van der Waals surface area contributed by atoms with Gasteiger partial charge >= 0.3 is 0 Å². The molecule has 2 atom stereocenters. The monoisotopic (exact) mass is 205 g/mol. The lowest BCUT2D eigenvalue weighted by atomic mass is 10.1. The summed E-state index contributed by atoms with van der Waals surface area (Å²) in [7, 11) is 1.61. The van der Waals surface area contributed by atoms with Gasteiger partial charge in [0.05, 0.1) is 0 Å². The van der Waals surface area contributed by atoms with Crippen LogP contribution in [0.2, 0.25) is 0 Å². The molecule has 68 valence electrons. The largest absolute Gasteiger partial charge is 0.367 e. The Bertz CT molecular complexity index is 223. The van der Waals surface area contributed by atoms with Crippen molar-refractivity contribution in [3.05, 3.63) is 0 Å². The van der Waals surface area contributed by atoms with Crippen molar-refractivity contribution in [1.82, 2.24) is 4.90 Å². The zero-order valence-corrected chi connectivity index (χ0v) is 8.70. The molecule has 0 unspecified atom stereocenters. The van der Waals surface area contributed by atoms with Gasteiger partial charge in [0, 0.05) is 19.4 Å². The predicted octanol–water partition coefficient (Wildman–Crippen LogP) is 0.607. The van der Waals surface area contributed by atoms with Gasteiger partial charge in [-0.3, -0.25) is 4.79 Å². The molecule has 0 aromatic heterocycles. The minimum absolute atomic E-state index is 0.0914. The minimum Gasteiger partial charge on any atom is -0.367 e. The zero-order chi connectivity index (χ0) is 8.77. The van der Waals surface area contributed by atoms with E-state index >= 15 is 0 Å². The van der Waals surface area contributed by atoms with E-state index in [1.807, 2.05) is 22.9 Å². The van der Waals surface area contributed by atoms with Crippen molar-refractivity contribution in [3.63, 3.8) is 0 Å². The van der Waals surface area contributed by atoms with Crippen LogP contribution in [0.25, 0.3) is 0 Å². The van der Waals surface area contributed by atoms with E-state index in [1.54, 1.807) is 18.9 Å². The molecule has 2 heterocycles. The third kappa shape index (κ3) is 0.818. The molecular weight excluding hydrogens is 194 g/mol. The number of hydrogen-bond donors (Lipinski definition) is 0. The van der Waals surface area contributed by atoms with Gasteiger partial charge in [-0.15, -0.1) is 23.5 Å². The lowest BCUT2D eigenvalue weighted by molar-refractivity contribution is -0.163. The van der Waals surface area contributed by atoms with Crippen LogP contribution in [0, 0.1) is 0 Å². The van der Waals surface area contributed by atoms with E-state index < -0.39 is 0 Å².